The summed E-state index contributed by atoms with van der Waals surface area (Å²) in [4.78, 5) is 42.0. The number of hydrogen-bond acceptors (Lipinski definition) is 5. The lowest BCUT2D eigenvalue weighted by atomic mass is 10.1. The fraction of sp³-hybridized carbons (Fsp3) is 0.381. The molecule has 0 aliphatic carbocycles. The van der Waals surface area contributed by atoms with Crippen molar-refractivity contribution in [3.63, 3.8) is 0 Å². The Morgan fingerprint density at radius 2 is 2.10 bits per heavy atom. The first-order valence-corrected chi connectivity index (χ1v) is 9.78. The molecule has 1 saturated heterocycles. The van der Waals surface area contributed by atoms with Crippen LogP contribution < -0.4 is 10.6 Å². The Labute approximate surface area is 177 Å². The molecule has 1 unspecified atom stereocenters. The highest BCUT2D eigenvalue weighted by Crippen LogP contribution is 2.31. The molecule has 1 aromatic heterocycles. The molecule has 0 spiro atoms. The second-order valence-corrected chi connectivity index (χ2v) is 7.27. The topological polar surface area (TPSA) is 115 Å². The summed E-state index contributed by atoms with van der Waals surface area (Å²) >= 11 is 0. The zero-order valence-electron chi connectivity index (χ0n) is 16.8. The van der Waals surface area contributed by atoms with E-state index in [1.165, 1.54) is 12.3 Å². The Hall–Kier alpha value is -3.61. The lowest BCUT2D eigenvalue weighted by Gasteiger charge is -2.19. The number of aromatic nitrogens is 1. The number of amides is 3. The minimum atomic E-state index is -3.13. The van der Waals surface area contributed by atoms with Crippen molar-refractivity contribution < 1.29 is 23.2 Å². The van der Waals surface area contributed by atoms with Crippen LogP contribution in [0.1, 0.15) is 36.5 Å². The van der Waals surface area contributed by atoms with Crippen LogP contribution in [-0.2, 0) is 9.59 Å². The first-order valence-electron chi connectivity index (χ1n) is 9.78. The van der Waals surface area contributed by atoms with Crippen LogP contribution in [0.25, 0.3) is 10.9 Å². The van der Waals surface area contributed by atoms with Crippen LogP contribution in [0, 0.1) is 11.3 Å². The summed E-state index contributed by atoms with van der Waals surface area (Å²) in [5.41, 5.74) is 1.08. The molecule has 1 aliphatic heterocycles. The van der Waals surface area contributed by atoms with Gasteiger partial charge in [0.25, 0.3) is 11.8 Å². The molecule has 3 amide bonds. The first-order chi connectivity index (χ1) is 14.8. The number of benzene rings is 1. The van der Waals surface area contributed by atoms with E-state index >= 15 is 0 Å². The van der Waals surface area contributed by atoms with Crippen molar-refractivity contribution in [2.24, 2.45) is 0 Å². The van der Waals surface area contributed by atoms with E-state index in [0.717, 1.165) is 4.90 Å². The summed E-state index contributed by atoms with van der Waals surface area (Å²) < 4.78 is 27.1. The second kappa shape index (κ2) is 9.04. The van der Waals surface area contributed by atoms with Crippen molar-refractivity contribution in [1.29, 1.82) is 5.26 Å². The monoisotopic (exact) mass is 429 g/mol. The predicted molar refractivity (Wildman–Crippen MR) is 108 cm³/mol. The third-order valence-electron chi connectivity index (χ3n) is 4.91. The highest BCUT2D eigenvalue weighted by molar-refractivity contribution is 6.10. The van der Waals surface area contributed by atoms with Crippen LogP contribution in [0.5, 0.6) is 0 Å². The molecule has 8 nitrogen and oxygen atoms in total. The van der Waals surface area contributed by atoms with Gasteiger partial charge >= 0.3 is 0 Å². The molecule has 162 valence electrons. The van der Waals surface area contributed by atoms with E-state index < -0.39 is 43.3 Å². The maximum absolute atomic E-state index is 13.5. The van der Waals surface area contributed by atoms with Gasteiger partial charge in [-0.15, -0.1) is 0 Å². The van der Waals surface area contributed by atoms with Crippen molar-refractivity contribution in [2.75, 3.05) is 18.4 Å². The quantitative estimate of drug-likeness (QED) is 0.732. The Bertz CT molecular complexity index is 1070. The number of nitriles is 1. The van der Waals surface area contributed by atoms with Crippen LogP contribution in [0.3, 0.4) is 0 Å². The molecule has 31 heavy (non-hydrogen) atoms. The number of halogens is 2. The fourth-order valence-corrected chi connectivity index (χ4v) is 3.46. The Morgan fingerprint density at radius 1 is 1.32 bits per heavy atom. The summed E-state index contributed by atoms with van der Waals surface area (Å²) in [5.74, 6) is -4.66. The van der Waals surface area contributed by atoms with Crippen molar-refractivity contribution in [1.82, 2.24) is 15.2 Å². The number of fused-ring (bicyclic) bond motifs is 1. The summed E-state index contributed by atoms with van der Waals surface area (Å²) in [6, 6.07) is 6.92. The highest BCUT2D eigenvalue weighted by atomic mass is 19.3. The number of carbonyl (C=O) groups excluding carboxylic acids is 3. The van der Waals surface area contributed by atoms with Crippen LogP contribution in [0.2, 0.25) is 0 Å². The normalized spacial score (nSPS) is 17.2. The third-order valence-corrected chi connectivity index (χ3v) is 4.91. The van der Waals surface area contributed by atoms with E-state index in [2.05, 4.69) is 15.6 Å². The molecule has 2 heterocycles. The number of nitrogens with one attached hydrogen (secondary N) is 2. The van der Waals surface area contributed by atoms with E-state index in [1.54, 1.807) is 24.3 Å². The van der Waals surface area contributed by atoms with Crippen molar-refractivity contribution in [3.8, 4) is 6.07 Å². The average molecular weight is 429 g/mol. The smallest absolute Gasteiger partial charge is 0.268 e. The SMILES string of the molecule is CCCC(=O)Nc1cccc2c(C(=O)NCC(=O)N3CC(F)(F)CC3C#N)ccnc12. The summed E-state index contributed by atoms with van der Waals surface area (Å²) in [7, 11) is 0. The maximum Gasteiger partial charge on any atom is 0.268 e. The lowest BCUT2D eigenvalue weighted by molar-refractivity contribution is -0.131. The van der Waals surface area contributed by atoms with E-state index in [9.17, 15) is 23.2 Å². The number of nitrogens with zero attached hydrogens (tertiary/aromatic N) is 3. The molecular weight excluding hydrogens is 408 g/mol. The number of para-hydroxylation sites is 1. The number of anilines is 1. The predicted octanol–water partition coefficient (Wildman–Crippen LogP) is 2.46. The maximum atomic E-state index is 13.5. The Balaban J connectivity index is 1.75. The zero-order chi connectivity index (χ0) is 22.6. The molecule has 3 rings (SSSR count). The molecule has 2 N–H and O–H groups in total. The average Bonchev–Trinajstić information content (AvgIpc) is 3.06. The molecule has 1 aliphatic rings. The number of rotatable bonds is 6. The van der Waals surface area contributed by atoms with Gasteiger partial charge in [0.05, 0.1) is 35.9 Å². The van der Waals surface area contributed by atoms with E-state index in [4.69, 9.17) is 5.26 Å². The van der Waals surface area contributed by atoms with Gasteiger partial charge in [0.1, 0.15) is 6.04 Å². The van der Waals surface area contributed by atoms with Crippen LogP contribution in [0.4, 0.5) is 14.5 Å². The molecule has 0 radical (unpaired) electrons. The van der Waals surface area contributed by atoms with Gasteiger partial charge in [-0.05, 0) is 18.6 Å². The van der Waals surface area contributed by atoms with Gasteiger partial charge in [-0.1, -0.05) is 19.1 Å². The molecule has 0 saturated carbocycles. The van der Waals surface area contributed by atoms with Crippen molar-refractivity contribution >= 4 is 34.3 Å². The number of pyridine rings is 1. The van der Waals surface area contributed by atoms with E-state index in [1.807, 2.05) is 6.92 Å². The largest absolute Gasteiger partial charge is 0.343 e. The zero-order valence-corrected chi connectivity index (χ0v) is 16.8. The summed E-state index contributed by atoms with van der Waals surface area (Å²) in [5, 5.41) is 14.7. The standard InChI is InChI=1S/C21H21F2N5O3/c1-2-4-17(29)27-16-6-3-5-14-15(7-8-25-19(14)16)20(31)26-11-18(30)28-12-21(22,23)9-13(28)10-24/h3,5-8,13H,2,4,9,11-12H2,1H3,(H,26,31)(H,27,29). The van der Waals surface area contributed by atoms with Crippen molar-refractivity contribution in [2.45, 2.75) is 38.2 Å². The molecule has 0 bridgehead atoms. The number of hydrogen-bond donors (Lipinski definition) is 2. The molecule has 1 atom stereocenters. The van der Waals surface area contributed by atoms with Crippen LogP contribution in [-0.4, -0.2) is 52.7 Å². The molecule has 2 aromatic rings. The van der Waals surface area contributed by atoms with Gasteiger partial charge < -0.3 is 15.5 Å². The lowest BCUT2D eigenvalue weighted by Crippen LogP contribution is -2.43. The van der Waals surface area contributed by atoms with Gasteiger partial charge in [0, 0.05) is 24.4 Å². The molecular formula is C21H21F2N5O3. The number of likely N-dealkylation sites (tertiary alicyclic amines) is 1. The van der Waals surface area contributed by atoms with Gasteiger partial charge in [-0.3, -0.25) is 19.4 Å². The molecule has 1 fully saturated rings. The van der Waals surface area contributed by atoms with Crippen molar-refractivity contribution in [3.05, 3.63) is 36.0 Å². The molecule has 10 heteroatoms. The molecule has 1 aromatic carbocycles. The van der Waals surface area contributed by atoms with Gasteiger partial charge in [0.2, 0.25) is 11.8 Å². The second-order valence-electron chi connectivity index (χ2n) is 7.27. The third kappa shape index (κ3) is 4.94. The minimum Gasteiger partial charge on any atom is -0.343 e. The van der Waals surface area contributed by atoms with E-state index in [-0.39, 0.29) is 11.5 Å². The summed E-state index contributed by atoms with van der Waals surface area (Å²) in [6.45, 7) is 0.509. The van der Waals surface area contributed by atoms with E-state index in [0.29, 0.717) is 29.4 Å². The van der Waals surface area contributed by atoms with Gasteiger partial charge in [-0.25, -0.2) is 8.78 Å². The van der Waals surface area contributed by atoms with Crippen LogP contribution in [0.15, 0.2) is 30.5 Å². The Morgan fingerprint density at radius 3 is 2.81 bits per heavy atom. The number of alkyl halides is 2. The number of carbonyl (C=O) groups is 3. The minimum absolute atomic E-state index is 0.174. The van der Waals surface area contributed by atoms with Gasteiger partial charge in [-0.2, -0.15) is 5.26 Å². The Kier molecular flexibility index (Phi) is 6.44. The first kappa shape index (κ1) is 22.1. The fourth-order valence-electron chi connectivity index (χ4n) is 3.46. The van der Waals surface area contributed by atoms with Crippen LogP contribution >= 0.6 is 0 Å². The van der Waals surface area contributed by atoms with Gasteiger partial charge in [0.15, 0.2) is 0 Å². The summed E-state index contributed by atoms with van der Waals surface area (Å²) in [6.07, 6.45) is 1.71. The highest BCUT2D eigenvalue weighted by Gasteiger charge is 2.47.